The van der Waals surface area contributed by atoms with Crippen molar-refractivity contribution in [1.29, 1.82) is 0 Å². The zero-order chi connectivity index (χ0) is 18.6. The second-order valence-electron chi connectivity index (χ2n) is 6.71. The minimum absolute atomic E-state index is 0.0524. The largest absolute Gasteiger partial charge is 0.466 e. The number of esters is 2. The molecular formula is C21H40O4. The lowest BCUT2D eigenvalue weighted by Crippen LogP contribution is -2.03. The molecule has 0 aliphatic heterocycles. The van der Waals surface area contributed by atoms with Gasteiger partial charge in [0, 0.05) is 12.8 Å². The Hall–Kier alpha value is -1.06. The summed E-state index contributed by atoms with van der Waals surface area (Å²) in [6.45, 7) is 4.69. The normalized spacial score (nSPS) is 10.6. The highest BCUT2D eigenvalue weighted by Crippen LogP contribution is 2.13. The Morgan fingerprint density at radius 2 is 0.720 bits per heavy atom. The molecule has 0 radical (unpaired) electrons. The lowest BCUT2D eigenvalue weighted by Gasteiger charge is -2.04. The maximum Gasteiger partial charge on any atom is 0.305 e. The molecule has 0 atom stereocenters. The zero-order valence-corrected chi connectivity index (χ0v) is 16.7. The summed E-state index contributed by atoms with van der Waals surface area (Å²) < 4.78 is 9.83. The summed E-state index contributed by atoms with van der Waals surface area (Å²) in [4.78, 5) is 22.4. The van der Waals surface area contributed by atoms with E-state index in [1.807, 2.05) is 13.8 Å². The van der Waals surface area contributed by atoms with Gasteiger partial charge in [0.2, 0.25) is 0 Å². The van der Waals surface area contributed by atoms with Gasteiger partial charge in [-0.15, -0.1) is 0 Å². The Labute approximate surface area is 155 Å². The zero-order valence-electron chi connectivity index (χ0n) is 16.7. The first-order chi connectivity index (χ1) is 12.2. The standard InChI is InChI=1S/C21H40O4/c1-3-24-20(22)18-16-14-12-10-8-6-5-7-9-11-13-15-17-19-21(23)25-4-2/h3-19H2,1-2H3. The second kappa shape index (κ2) is 19.3. The number of hydrogen-bond acceptors (Lipinski definition) is 4. The first-order valence-corrected chi connectivity index (χ1v) is 10.5. The van der Waals surface area contributed by atoms with Crippen molar-refractivity contribution in [3.63, 3.8) is 0 Å². The minimum Gasteiger partial charge on any atom is -0.466 e. The molecule has 0 unspecified atom stereocenters. The number of carbonyl (C=O) groups is 2. The van der Waals surface area contributed by atoms with Crippen LogP contribution in [0.3, 0.4) is 0 Å². The van der Waals surface area contributed by atoms with Crippen molar-refractivity contribution in [2.45, 2.75) is 110 Å². The summed E-state index contributed by atoms with van der Waals surface area (Å²) in [5.41, 5.74) is 0. The topological polar surface area (TPSA) is 52.6 Å². The Balaban J connectivity index is 3.09. The number of carbonyl (C=O) groups excluding carboxylic acids is 2. The highest BCUT2D eigenvalue weighted by atomic mass is 16.5. The van der Waals surface area contributed by atoms with E-state index in [9.17, 15) is 9.59 Å². The van der Waals surface area contributed by atoms with Crippen LogP contribution in [0.25, 0.3) is 0 Å². The van der Waals surface area contributed by atoms with E-state index in [4.69, 9.17) is 9.47 Å². The van der Waals surface area contributed by atoms with E-state index < -0.39 is 0 Å². The predicted octanol–water partition coefficient (Wildman–Crippen LogP) is 5.96. The quantitative estimate of drug-likeness (QED) is 0.224. The highest BCUT2D eigenvalue weighted by molar-refractivity contribution is 5.69. The Morgan fingerprint density at radius 1 is 0.480 bits per heavy atom. The molecule has 0 saturated carbocycles. The molecule has 0 aromatic heterocycles. The van der Waals surface area contributed by atoms with E-state index >= 15 is 0 Å². The van der Waals surface area contributed by atoms with Crippen molar-refractivity contribution in [2.75, 3.05) is 13.2 Å². The molecule has 4 heteroatoms. The lowest BCUT2D eigenvalue weighted by atomic mass is 10.0. The van der Waals surface area contributed by atoms with Gasteiger partial charge in [-0.1, -0.05) is 70.6 Å². The van der Waals surface area contributed by atoms with Gasteiger partial charge in [-0.3, -0.25) is 9.59 Å². The molecule has 0 fully saturated rings. The molecule has 4 nitrogen and oxygen atoms in total. The van der Waals surface area contributed by atoms with Crippen LogP contribution in [-0.4, -0.2) is 25.2 Å². The van der Waals surface area contributed by atoms with Crippen molar-refractivity contribution in [2.24, 2.45) is 0 Å². The fourth-order valence-corrected chi connectivity index (χ4v) is 2.95. The maximum absolute atomic E-state index is 11.2. The Kier molecular flexibility index (Phi) is 18.5. The van der Waals surface area contributed by atoms with Crippen LogP contribution in [0.15, 0.2) is 0 Å². The SMILES string of the molecule is CCOC(=O)CCCCCCCCCCCCCCCC(=O)OCC. The molecular weight excluding hydrogens is 316 g/mol. The third-order valence-electron chi connectivity index (χ3n) is 4.37. The van der Waals surface area contributed by atoms with Crippen molar-refractivity contribution < 1.29 is 19.1 Å². The summed E-state index contributed by atoms with van der Waals surface area (Å²) in [6.07, 6.45) is 17.1. The summed E-state index contributed by atoms with van der Waals surface area (Å²) in [7, 11) is 0. The Morgan fingerprint density at radius 3 is 0.960 bits per heavy atom. The predicted molar refractivity (Wildman–Crippen MR) is 103 cm³/mol. The number of hydrogen-bond donors (Lipinski definition) is 0. The van der Waals surface area contributed by atoms with Crippen LogP contribution in [0.1, 0.15) is 110 Å². The lowest BCUT2D eigenvalue weighted by molar-refractivity contribution is -0.144. The van der Waals surface area contributed by atoms with E-state index in [-0.39, 0.29) is 11.9 Å². The number of rotatable bonds is 18. The summed E-state index contributed by atoms with van der Waals surface area (Å²) in [5, 5.41) is 0. The fraction of sp³-hybridized carbons (Fsp3) is 0.905. The van der Waals surface area contributed by atoms with Crippen molar-refractivity contribution >= 4 is 11.9 Å². The molecule has 0 aromatic rings. The van der Waals surface area contributed by atoms with Crippen LogP contribution in [0.5, 0.6) is 0 Å². The molecule has 0 bridgehead atoms. The molecule has 148 valence electrons. The van der Waals surface area contributed by atoms with E-state index in [2.05, 4.69) is 0 Å². The van der Waals surface area contributed by atoms with Gasteiger partial charge in [-0.25, -0.2) is 0 Å². The molecule has 0 heterocycles. The molecule has 0 amide bonds. The maximum atomic E-state index is 11.2. The van der Waals surface area contributed by atoms with Crippen LogP contribution in [0.2, 0.25) is 0 Å². The first-order valence-electron chi connectivity index (χ1n) is 10.5. The summed E-state index contributed by atoms with van der Waals surface area (Å²) in [6, 6.07) is 0. The van der Waals surface area contributed by atoms with Gasteiger partial charge in [-0.05, 0) is 26.7 Å². The van der Waals surface area contributed by atoms with Gasteiger partial charge < -0.3 is 9.47 Å². The van der Waals surface area contributed by atoms with Crippen LogP contribution in [0.4, 0.5) is 0 Å². The fourth-order valence-electron chi connectivity index (χ4n) is 2.95. The number of ether oxygens (including phenoxy) is 2. The average Bonchev–Trinajstić information content (AvgIpc) is 2.58. The van der Waals surface area contributed by atoms with Crippen LogP contribution < -0.4 is 0 Å². The van der Waals surface area contributed by atoms with Gasteiger partial charge >= 0.3 is 11.9 Å². The third-order valence-corrected chi connectivity index (χ3v) is 4.37. The minimum atomic E-state index is -0.0524. The third kappa shape index (κ3) is 19.1. The van der Waals surface area contributed by atoms with E-state index in [0.29, 0.717) is 26.1 Å². The van der Waals surface area contributed by atoms with Crippen molar-refractivity contribution in [3.05, 3.63) is 0 Å². The second-order valence-corrected chi connectivity index (χ2v) is 6.71. The molecule has 25 heavy (non-hydrogen) atoms. The molecule has 0 aliphatic rings. The van der Waals surface area contributed by atoms with E-state index in [1.54, 1.807) is 0 Å². The molecule has 0 N–H and O–H groups in total. The Bertz CT molecular complexity index is 285. The molecule has 0 saturated heterocycles. The molecule has 0 aromatic carbocycles. The van der Waals surface area contributed by atoms with E-state index in [1.165, 1.54) is 57.8 Å². The van der Waals surface area contributed by atoms with Crippen LogP contribution in [-0.2, 0) is 19.1 Å². The average molecular weight is 357 g/mol. The molecule has 0 rings (SSSR count). The van der Waals surface area contributed by atoms with E-state index in [0.717, 1.165) is 25.7 Å². The van der Waals surface area contributed by atoms with Gasteiger partial charge in [0.05, 0.1) is 13.2 Å². The van der Waals surface area contributed by atoms with Crippen molar-refractivity contribution in [3.8, 4) is 0 Å². The van der Waals surface area contributed by atoms with Crippen molar-refractivity contribution in [1.82, 2.24) is 0 Å². The van der Waals surface area contributed by atoms with Gasteiger partial charge in [0.25, 0.3) is 0 Å². The monoisotopic (exact) mass is 356 g/mol. The van der Waals surface area contributed by atoms with Crippen LogP contribution in [0, 0.1) is 0 Å². The molecule has 0 spiro atoms. The highest BCUT2D eigenvalue weighted by Gasteiger charge is 2.01. The van der Waals surface area contributed by atoms with Crippen LogP contribution >= 0.6 is 0 Å². The first kappa shape index (κ1) is 23.9. The number of unbranched alkanes of at least 4 members (excludes halogenated alkanes) is 12. The summed E-state index contributed by atoms with van der Waals surface area (Å²) in [5.74, 6) is -0.105. The molecule has 0 aliphatic carbocycles. The van der Waals surface area contributed by atoms with Gasteiger partial charge in [0.15, 0.2) is 0 Å². The van der Waals surface area contributed by atoms with Gasteiger partial charge in [0.1, 0.15) is 0 Å². The smallest absolute Gasteiger partial charge is 0.305 e. The summed E-state index contributed by atoms with van der Waals surface area (Å²) >= 11 is 0. The van der Waals surface area contributed by atoms with Gasteiger partial charge in [-0.2, -0.15) is 0 Å².